The van der Waals surface area contributed by atoms with Crippen molar-refractivity contribution in [3.05, 3.63) is 23.5 Å². The van der Waals surface area contributed by atoms with Gasteiger partial charge >= 0.3 is 12.1 Å². The summed E-state index contributed by atoms with van der Waals surface area (Å²) in [6.07, 6.45) is -4.03. The maximum atomic E-state index is 12.5. The third-order valence-electron chi connectivity index (χ3n) is 2.04. The second-order valence-corrected chi connectivity index (χ2v) is 3.35. The molecule has 0 spiro atoms. The summed E-state index contributed by atoms with van der Waals surface area (Å²) in [5.74, 6) is -0.850. The lowest BCUT2D eigenvalue weighted by atomic mass is 10.2. The van der Waals surface area contributed by atoms with Gasteiger partial charge in [-0.1, -0.05) is 0 Å². The van der Waals surface area contributed by atoms with Gasteiger partial charge in [0.15, 0.2) is 5.69 Å². The summed E-state index contributed by atoms with van der Waals surface area (Å²) in [5.41, 5.74) is -1.49. The van der Waals surface area contributed by atoms with Gasteiger partial charge in [-0.3, -0.25) is 0 Å². The van der Waals surface area contributed by atoms with Crippen LogP contribution in [0, 0.1) is 11.3 Å². The van der Waals surface area contributed by atoms with Crippen LogP contribution >= 0.6 is 0 Å². The molecule has 0 amide bonds. The fourth-order valence-corrected chi connectivity index (χ4v) is 1.25. The van der Waals surface area contributed by atoms with Crippen molar-refractivity contribution in [3.63, 3.8) is 0 Å². The molecule has 19 heavy (non-hydrogen) atoms. The standard InChI is InChI=1S/C11H10F3N3O2/c1-2-19-10(18)9-8(16-4-3-15)5-7(6-17-9)11(12,13)14/h5-6,16H,2,4H2,1H3. The van der Waals surface area contributed by atoms with Crippen LogP contribution in [0.1, 0.15) is 23.0 Å². The Balaban J connectivity index is 3.17. The van der Waals surface area contributed by atoms with E-state index in [4.69, 9.17) is 5.26 Å². The maximum absolute atomic E-state index is 12.5. The Labute approximate surface area is 107 Å². The molecule has 1 aromatic heterocycles. The van der Waals surface area contributed by atoms with E-state index in [1.54, 1.807) is 13.0 Å². The van der Waals surface area contributed by atoms with E-state index in [1.807, 2.05) is 0 Å². The molecule has 0 radical (unpaired) electrons. The molecule has 0 unspecified atom stereocenters. The number of halogens is 3. The van der Waals surface area contributed by atoms with E-state index in [-0.39, 0.29) is 24.5 Å². The minimum absolute atomic E-state index is 0.0687. The lowest BCUT2D eigenvalue weighted by Crippen LogP contribution is -2.15. The minimum atomic E-state index is -4.58. The molecule has 0 saturated carbocycles. The van der Waals surface area contributed by atoms with Gasteiger partial charge < -0.3 is 10.1 Å². The Morgan fingerprint density at radius 3 is 2.79 bits per heavy atom. The smallest absolute Gasteiger partial charge is 0.417 e. The number of carbonyl (C=O) groups is 1. The van der Waals surface area contributed by atoms with Crippen molar-refractivity contribution in [2.24, 2.45) is 0 Å². The number of nitrogens with zero attached hydrogens (tertiary/aromatic N) is 2. The molecule has 0 aromatic carbocycles. The molecule has 1 rings (SSSR count). The van der Waals surface area contributed by atoms with Crippen LogP contribution in [0.5, 0.6) is 0 Å². The van der Waals surface area contributed by atoms with Crippen molar-refractivity contribution >= 4 is 11.7 Å². The second kappa shape index (κ2) is 6.04. The van der Waals surface area contributed by atoms with E-state index in [0.717, 1.165) is 6.07 Å². The fourth-order valence-electron chi connectivity index (χ4n) is 1.25. The van der Waals surface area contributed by atoms with Gasteiger partial charge in [0.05, 0.1) is 23.9 Å². The van der Waals surface area contributed by atoms with Crippen LogP contribution in [0.25, 0.3) is 0 Å². The number of hydrogen-bond donors (Lipinski definition) is 1. The van der Waals surface area contributed by atoms with Crippen molar-refractivity contribution in [3.8, 4) is 6.07 Å². The average Bonchev–Trinajstić information content (AvgIpc) is 2.35. The van der Waals surface area contributed by atoms with Gasteiger partial charge in [0.25, 0.3) is 0 Å². The van der Waals surface area contributed by atoms with Gasteiger partial charge in [-0.05, 0) is 13.0 Å². The molecule has 1 heterocycles. The Morgan fingerprint density at radius 1 is 1.58 bits per heavy atom. The lowest BCUT2D eigenvalue weighted by Gasteiger charge is -2.12. The van der Waals surface area contributed by atoms with Gasteiger partial charge in [-0.25, -0.2) is 9.78 Å². The zero-order valence-corrected chi connectivity index (χ0v) is 9.91. The number of aromatic nitrogens is 1. The van der Waals surface area contributed by atoms with Gasteiger partial charge in [-0.15, -0.1) is 0 Å². The number of pyridine rings is 1. The van der Waals surface area contributed by atoms with Gasteiger partial charge in [0.2, 0.25) is 0 Å². The highest BCUT2D eigenvalue weighted by Crippen LogP contribution is 2.31. The van der Waals surface area contributed by atoms with Gasteiger partial charge in [0.1, 0.15) is 6.54 Å². The number of nitriles is 1. The first-order chi connectivity index (χ1) is 8.90. The number of carbonyl (C=O) groups excluding carboxylic acids is 1. The molecule has 8 heteroatoms. The van der Waals surface area contributed by atoms with Crippen molar-refractivity contribution in [1.82, 2.24) is 4.98 Å². The summed E-state index contributed by atoms with van der Waals surface area (Å²) < 4.78 is 42.2. The molecule has 0 aliphatic heterocycles. The first-order valence-corrected chi connectivity index (χ1v) is 5.25. The topological polar surface area (TPSA) is 75.0 Å². The molecular weight excluding hydrogens is 263 g/mol. The maximum Gasteiger partial charge on any atom is 0.417 e. The normalized spacial score (nSPS) is 10.7. The van der Waals surface area contributed by atoms with Gasteiger partial charge in [0, 0.05) is 6.20 Å². The summed E-state index contributed by atoms with van der Waals surface area (Å²) >= 11 is 0. The predicted octanol–water partition coefficient (Wildman–Crippen LogP) is 2.21. The summed E-state index contributed by atoms with van der Waals surface area (Å²) in [6, 6.07) is 2.42. The Hall–Kier alpha value is -2.30. The Bertz CT molecular complexity index is 509. The Kier molecular flexibility index (Phi) is 4.69. The van der Waals surface area contributed by atoms with Crippen LogP contribution in [0.3, 0.4) is 0 Å². The molecule has 0 aliphatic rings. The molecule has 0 atom stereocenters. The number of alkyl halides is 3. The number of esters is 1. The van der Waals surface area contributed by atoms with Crippen molar-refractivity contribution in [2.75, 3.05) is 18.5 Å². The quantitative estimate of drug-likeness (QED) is 0.672. The summed E-state index contributed by atoms with van der Waals surface area (Å²) in [6.45, 7) is 1.37. The van der Waals surface area contributed by atoms with E-state index in [0.29, 0.717) is 6.20 Å². The highest BCUT2D eigenvalue weighted by Gasteiger charge is 2.32. The van der Waals surface area contributed by atoms with Gasteiger partial charge in [-0.2, -0.15) is 18.4 Å². The zero-order valence-electron chi connectivity index (χ0n) is 9.91. The fraction of sp³-hybridized carbons (Fsp3) is 0.364. The highest BCUT2D eigenvalue weighted by molar-refractivity contribution is 5.93. The zero-order chi connectivity index (χ0) is 14.5. The molecule has 102 valence electrons. The lowest BCUT2D eigenvalue weighted by molar-refractivity contribution is -0.137. The molecule has 0 aliphatic carbocycles. The van der Waals surface area contributed by atoms with Crippen LogP contribution < -0.4 is 5.32 Å². The van der Waals surface area contributed by atoms with Crippen LogP contribution in [-0.4, -0.2) is 24.1 Å². The van der Waals surface area contributed by atoms with E-state index < -0.39 is 17.7 Å². The number of anilines is 1. The van der Waals surface area contributed by atoms with Crippen molar-refractivity contribution < 1.29 is 22.7 Å². The van der Waals surface area contributed by atoms with E-state index >= 15 is 0 Å². The van der Waals surface area contributed by atoms with Crippen molar-refractivity contribution in [2.45, 2.75) is 13.1 Å². The highest BCUT2D eigenvalue weighted by atomic mass is 19.4. The van der Waals surface area contributed by atoms with Crippen LogP contribution in [-0.2, 0) is 10.9 Å². The van der Waals surface area contributed by atoms with Crippen LogP contribution in [0.4, 0.5) is 18.9 Å². The molecule has 0 bridgehead atoms. The number of ether oxygens (including phenoxy) is 1. The molecule has 5 nitrogen and oxygen atoms in total. The molecule has 0 saturated heterocycles. The third-order valence-corrected chi connectivity index (χ3v) is 2.04. The van der Waals surface area contributed by atoms with Crippen LogP contribution in [0.15, 0.2) is 12.3 Å². The minimum Gasteiger partial charge on any atom is -0.461 e. The largest absolute Gasteiger partial charge is 0.461 e. The van der Waals surface area contributed by atoms with Crippen molar-refractivity contribution in [1.29, 1.82) is 5.26 Å². The molecule has 1 N–H and O–H groups in total. The Morgan fingerprint density at radius 2 is 2.26 bits per heavy atom. The van der Waals surface area contributed by atoms with Crippen LogP contribution in [0.2, 0.25) is 0 Å². The third kappa shape index (κ3) is 3.84. The molecule has 0 fully saturated rings. The predicted molar refractivity (Wildman–Crippen MR) is 59.3 cm³/mol. The van der Waals surface area contributed by atoms with E-state index in [2.05, 4.69) is 15.0 Å². The van der Waals surface area contributed by atoms with E-state index in [9.17, 15) is 18.0 Å². The summed E-state index contributed by atoms with van der Waals surface area (Å²) in [5, 5.41) is 10.8. The summed E-state index contributed by atoms with van der Waals surface area (Å²) in [4.78, 5) is 15.0. The monoisotopic (exact) mass is 273 g/mol. The number of rotatable bonds is 4. The molecule has 1 aromatic rings. The SMILES string of the molecule is CCOC(=O)c1ncc(C(F)(F)F)cc1NCC#N. The molecular formula is C11H10F3N3O2. The average molecular weight is 273 g/mol. The second-order valence-electron chi connectivity index (χ2n) is 3.35. The first-order valence-electron chi connectivity index (χ1n) is 5.25. The summed E-state index contributed by atoms with van der Waals surface area (Å²) in [7, 11) is 0. The number of hydrogen-bond acceptors (Lipinski definition) is 5. The number of nitrogens with one attached hydrogen (secondary N) is 1. The van der Waals surface area contributed by atoms with E-state index in [1.165, 1.54) is 0 Å². The first kappa shape index (κ1) is 14.8.